The van der Waals surface area contributed by atoms with Crippen LogP contribution >= 0.6 is 0 Å². The van der Waals surface area contributed by atoms with E-state index in [4.69, 9.17) is 4.74 Å². The Balaban J connectivity index is 3.13. The van der Waals surface area contributed by atoms with E-state index >= 15 is 0 Å². The summed E-state index contributed by atoms with van der Waals surface area (Å²) < 4.78 is 33.1. The lowest BCUT2D eigenvalue weighted by molar-refractivity contribution is -0.168. The van der Waals surface area contributed by atoms with Crippen molar-refractivity contribution in [2.45, 2.75) is 32.3 Å². The summed E-state index contributed by atoms with van der Waals surface area (Å²) in [5.41, 5.74) is -1.90. The molecule has 4 heteroatoms. The maximum Gasteiger partial charge on any atom is 0.300 e. The molecule has 1 aromatic carbocycles. The first-order valence-corrected chi connectivity index (χ1v) is 5.73. The van der Waals surface area contributed by atoms with E-state index in [1.165, 1.54) is 18.2 Å². The third kappa shape index (κ3) is 2.88. The van der Waals surface area contributed by atoms with E-state index in [0.717, 1.165) is 13.8 Å². The van der Waals surface area contributed by atoms with Gasteiger partial charge in [0.2, 0.25) is 0 Å². The van der Waals surface area contributed by atoms with Crippen LogP contribution < -0.4 is 0 Å². The molecule has 0 aromatic heterocycles. The van der Waals surface area contributed by atoms with Crippen LogP contribution in [0.3, 0.4) is 0 Å². The second-order valence-corrected chi connectivity index (χ2v) is 4.57. The Morgan fingerprint density at radius 3 is 2.50 bits per heavy atom. The van der Waals surface area contributed by atoms with Crippen LogP contribution in [0.15, 0.2) is 30.8 Å². The van der Waals surface area contributed by atoms with Gasteiger partial charge in [-0.15, -0.1) is 0 Å². The van der Waals surface area contributed by atoms with Gasteiger partial charge in [-0.25, -0.2) is 0 Å². The fraction of sp³-hybridized carbons (Fsp3) is 0.429. The largest absolute Gasteiger partial charge is 0.494 e. The average Bonchev–Trinajstić information content (AvgIpc) is 2.28. The fourth-order valence-electron chi connectivity index (χ4n) is 1.50. The highest BCUT2D eigenvalue weighted by atomic mass is 19.3. The SMILES string of the molecule is C=C(OCC)c1cccc(C(F)(F)C(C)(C)O)c1. The quantitative estimate of drug-likeness (QED) is 0.816. The maximum atomic E-state index is 14.0. The molecule has 0 heterocycles. The van der Waals surface area contributed by atoms with Crippen LogP contribution in [0.4, 0.5) is 8.78 Å². The fourth-order valence-corrected chi connectivity index (χ4v) is 1.50. The zero-order valence-corrected chi connectivity index (χ0v) is 10.8. The zero-order valence-electron chi connectivity index (χ0n) is 10.8. The number of hydrogen-bond donors (Lipinski definition) is 1. The number of ether oxygens (including phenoxy) is 1. The van der Waals surface area contributed by atoms with E-state index in [9.17, 15) is 13.9 Å². The van der Waals surface area contributed by atoms with E-state index in [0.29, 0.717) is 17.9 Å². The summed E-state index contributed by atoms with van der Waals surface area (Å²) in [6, 6.07) is 5.70. The molecule has 1 N–H and O–H groups in total. The Kier molecular flexibility index (Phi) is 4.12. The van der Waals surface area contributed by atoms with Crippen molar-refractivity contribution in [2.75, 3.05) is 6.61 Å². The monoisotopic (exact) mass is 256 g/mol. The number of aliphatic hydroxyl groups is 1. The number of alkyl halides is 2. The lowest BCUT2D eigenvalue weighted by atomic mass is 9.92. The summed E-state index contributed by atoms with van der Waals surface area (Å²) in [6.07, 6.45) is 0. The normalized spacial score (nSPS) is 12.3. The standard InChI is InChI=1S/C14H18F2O2/c1-5-18-10(2)11-7-6-8-12(9-11)14(15,16)13(3,4)17/h6-9,17H,2,5H2,1,3-4H3. The molecule has 0 unspecified atom stereocenters. The van der Waals surface area contributed by atoms with Crippen LogP contribution in [0, 0.1) is 0 Å². The molecule has 1 aromatic rings. The van der Waals surface area contributed by atoms with E-state index < -0.39 is 11.5 Å². The highest BCUT2D eigenvalue weighted by Crippen LogP contribution is 2.39. The predicted octanol–water partition coefficient (Wildman–Crippen LogP) is 3.56. The lowest BCUT2D eigenvalue weighted by Crippen LogP contribution is -2.40. The zero-order chi connectivity index (χ0) is 14.0. The molecular formula is C14H18F2O2. The van der Waals surface area contributed by atoms with Crippen molar-refractivity contribution < 1.29 is 18.6 Å². The average molecular weight is 256 g/mol. The number of halogens is 2. The number of rotatable bonds is 5. The molecule has 0 aliphatic heterocycles. The summed E-state index contributed by atoms with van der Waals surface area (Å²) in [4.78, 5) is 0. The van der Waals surface area contributed by atoms with Crippen LogP contribution in [0.2, 0.25) is 0 Å². The van der Waals surface area contributed by atoms with E-state index in [2.05, 4.69) is 6.58 Å². The van der Waals surface area contributed by atoms with Gasteiger partial charge in [-0.2, -0.15) is 8.78 Å². The summed E-state index contributed by atoms with van der Waals surface area (Å²) in [5.74, 6) is -3.00. The molecule has 18 heavy (non-hydrogen) atoms. The van der Waals surface area contributed by atoms with Crippen molar-refractivity contribution in [1.29, 1.82) is 0 Å². The first kappa shape index (κ1) is 14.6. The van der Waals surface area contributed by atoms with Gasteiger partial charge in [-0.3, -0.25) is 0 Å². The van der Waals surface area contributed by atoms with Crippen molar-refractivity contribution in [3.63, 3.8) is 0 Å². The minimum Gasteiger partial charge on any atom is -0.494 e. The molecule has 0 spiro atoms. The molecule has 0 saturated heterocycles. The molecule has 0 aliphatic carbocycles. The van der Waals surface area contributed by atoms with E-state index in [-0.39, 0.29) is 5.56 Å². The van der Waals surface area contributed by atoms with E-state index in [1.54, 1.807) is 13.0 Å². The Labute approximate surface area is 106 Å². The van der Waals surface area contributed by atoms with Crippen LogP contribution in [0.5, 0.6) is 0 Å². The summed E-state index contributed by atoms with van der Waals surface area (Å²) in [7, 11) is 0. The molecule has 0 saturated carbocycles. The molecule has 1 rings (SSSR count). The smallest absolute Gasteiger partial charge is 0.300 e. The van der Waals surface area contributed by atoms with Gasteiger partial charge < -0.3 is 9.84 Å². The highest BCUT2D eigenvalue weighted by molar-refractivity contribution is 5.58. The van der Waals surface area contributed by atoms with Gasteiger partial charge in [0.05, 0.1) is 6.61 Å². The molecule has 0 radical (unpaired) electrons. The van der Waals surface area contributed by atoms with Gasteiger partial charge in [-0.05, 0) is 26.8 Å². The first-order chi connectivity index (χ1) is 8.20. The van der Waals surface area contributed by atoms with E-state index in [1.807, 2.05) is 0 Å². The molecule has 0 bridgehead atoms. The van der Waals surface area contributed by atoms with Gasteiger partial charge in [-0.1, -0.05) is 24.8 Å². The Morgan fingerprint density at radius 2 is 2.00 bits per heavy atom. The van der Waals surface area contributed by atoms with Crippen molar-refractivity contribution in [3.05, 3.63) is 42.0 Å². The Hall–Kier alpha value is -1.42. The Bertz CT molecular complexity index is 434. The van der Waals surface area contributed by atoms with Crippen LogP contribution in [-0.2, 0) is 10.7 Å². The van der Waals surface area contributed by atoms with Crippen LogP contribution in [0.25, 0.3) is 5.76 Å². The summed E-state index contributed by atoms with van der Waals surface area (Å²) in [5, 5.41) is 9.53. The topological polar surface area (TPSA) is 29.5 Å². The minimum absolute atomic E-state index is 0.256. The van der Waals surface area contributed by atoms with Crippen molar-refractivity contribution in [3.8, 4) is 0 Å². The first-order valence-electron chi connectivity index (χ1n) is 5.73. The predicted molar refractivity (Wildman–Crippen MR) is 67.3 cm³/mol. The second kappa shape index (κ2) is 5.06. The lowest BCUT2D eigenvalue weighted by Gasteiger charge is -2.29. The summed E-state index contributed by atoms with van der Waals surface area (Å²) >= 11 is 0. The molecule has 0 fully saturated rings. The Morgan fingerprint density at radius 1 is 1.39 bits per heavy atom. The number of benzene rings is 1. The summed E-state index contributed by atoms with van der Waals surface area (Å²) in [6.45, 7) is 8.04. The third-order valence-electron chi connectivity index (χ3n) is 2.63. The minimum atomic E-state index is -3.34. The molecule has 100 valence electrons. The molecule has 0 atom stereocenters. The van der Waals surface area contributed by atoms with Gasteiger partial charge in [0.1, 0.15) is 11.4 Å². The van der Waals surface area contributed by atoms with Crippen molar-refractivity contribution in [1.82, 2.24) is 0 Å². The van der Waals surface area contributed by atoms with Crippen LogP contribution in [-0.4, -0.2) is 17.3 Å². The third-order valence-corrected chi connectivity index (χ3v) is 2.63. The maximum absolute atomic E-state index is 14.0. The molecule has 2 nitrogen and oxygen atoms in total. The molecular weight excluding hydrogens is 238 g/mol. The van der Waals surface area contributed by atoms with Gasteiger partial charge >= 0.3 is 5.92 Å². The van der Waals surface area contributed by atoms with Gasteiger partial charge in [0.15, 0.2) is 0 Å². The van der Waals surface area contributed by atoms with Gasteiger partial charge in [0, 0.05) is 11.1 Å². The van der Waals surface area contributed by atoms with Gasteiger partial charge in [0.25, 0.3) is 0 Å². The van der Waals surface area contributed by atoms with Crippen LogP contribution in [0.1, 0.15) is 31.9 Å². The second-order valence-electron chi connectivity index (χ2n) is 4.57. The molecule has 0 aliphatic rings. The van der Waals surface area contributed by atoms with Crippen molar-refractivity contribution >= 4 is 5.76 Å². The van der Waals surface area contributed by atoms with Crippen molar-refractivity contribution in [2.24, 2.45) is 0 Å². The highest BCUT2D eigenvalue weighted by Gasteiger charge is 2.46. The molecule has 0 amide bonds. The number of hydrogen-bond acceptors (Lipinski definition) is 2.